The van der Waals surface area contributed by atoms with Gasteiger partial charge in [-0.15, -0.1) is 0 Å². The fraction of sp³-hybridized carbons (Fsp3) is 0.429. The average molecular weight is 510 g/mol. The van der Waals surface area contributed by atoms with Crippen LogP contribution < -0.4 is 10.6 Å². The van der Waals surface area contributed by atoms with Crippen molar-refractivity contribution in [2.75, 3.05) is 6.54 Å². The minimum absolute atomic E-state index is 0.0592. The quantitative estimate of drug-likeness (QED) is 0.427. The molecule has 9 heteroatoms. The number of benzene rings is 2. The zero-order chi connectivity index (χ0) is 26.8. The SMILES string of the molecule is CC(C)C[C@H](NC(=O)[C@@H]1CCCN1C(=O)OCc1ccccc1)C(=O)N[C@@H](Cc1ccccc1)C(=O)O. The Balaban J connectivity index is 1.63. The van der Waals surface area contributed by atoms with Crippen molar-refractivity contribution >= 4 is 23.9 Å². The van der Waals surface area contributed by atoms with Gasteiger partial charge in [0, 0.05) is 13.0 Å². The Morgan fingerprint density at radius 1 is 0.946 bits per heavy atom. The number of carbonyl (C=O) groups is 4. The zero-order valence-corrected chi connectivity index (χ0v) is 21.3. The van der Waals surface area contributed by atoms with E-state index in [0.29, 0.717) is 25.8 Å². The summed E-state index contributed by atoms with van der Waals surface area (Å²) in [6.45, 7) is 4.30. The smallest absolute Gasteiger partial charge is 0.410 e. The molecule has 1 fully saturated rings. The lowest BCUT2D eigenvalue weighted by Gasteiger charge is -2.27. The molecule has 1 aliphatic rings. The van der Waals surface area contributed by atoms with E-state index in [1.165, 1.54) is 4.90 Å². The molecule has 2 aromatic rings. The first-order valence-corrected chi connectivity index (χ1v) is 12.6. The fourth-order valence-electron chi connectivity index (χ4n) is 4.35. The van der Waals surface area contributed by atoms with Crippen molar-refractivity contribution in [3.8, 4) is 0 Å². The summed E-state index contributed by atoms with van der Waals surface area (Å²) >= 11 is 0. The van der Waals surface area contributed by atoms with Gasteiger partial charge >= 0.3 is 12.1 Å². The second-order valence-electron chi connectivity index (χ2n) is 9.67. The van der Waals surface area contributed by atoms with E-state index in [4.69, 9.17) is 4.74 Å². The van der Waals surface area contributed by atoms with E-state index in [-0.39, 0.29) is 18.9 Å². The summed E-state index contributed by atoms with van der Waals surface area (Å²) < 4.78 is 5.41. The summed E-state index contributed by atoms with van der Waals surface area (Å²) in [4.78, 5) is 52.2. The monoisotopic (exact) mass is 509 g/mol. The number of amides is 3. The highest BCUT2D eigenvalue weighted by Crippen LogP contribution is 2.20. The summed E-state index contributed by atoms with van der Waals surface area (Å²) in [5.74, 6) is -2.12. The van der Waals surface area contributed by atoms with Crippen molar-refractivity contribution in [3.05, 3.63) is 71.8 Å². The summed E-state index contributed by atoms with van der Waals surface area (Å²) in [6.07, 6.45) is 0.945. The minimum Gasteiger partial charge on any atom is -0.480 e. The molecule has 198 valence electrons. The first-order valence-electron chi connectivity index (χ1n) is 12.6. The van der Waals surface area contributed by atoms with Crippen LogP contribution in [0.5, 0.6) is 0 Å². The third-order valence-electron chi connectivity index (χ3n) is 6.23. The predicted molar refractivity (Wildman–Crippen MR) is 137 cm³/mol. The first-order chi connectivity index (χ1) is 17.7. The Labute approximate surface area is 217 Å². The third kappa shape index (κ3) is 8.34. The van der Waals surface area contributed by atoms with Gasteiger partial charge in [-0.1, -0.05) is 74.5 Å². The molecule has 0 aliphatic carbocycles. The lowest BCUT2D eigenvalue weighted by molar-refractivity contribution is -0.142. The fourth-order valence-corrected chi connectivity index (χ4v) is 4.35. The van der Waals surface area contributed by atoms with Crippen LogP contribution in [0.1, 0.15) is 44.2 Å². The Kier molecular flexibility index (Phi) is 10.1. The molecule has 37 heavy (non-hydrogen) atoms. The van der Waals surface area contributed by atoms with E-state index in [2.05, 4.69) is 10.6 Å². The van der Waals surface area contributed by atoms with E-state index in [1.807, 2.05) is 50.2 Å². The maximum atomic E-state index is 13.2. The van der Waals surface area contributed by atoms with Gasteiger partial charge in [-0.3, -0.25) is 14.5 Å². The highest BCUT2D eigenvalue weighted by atomic mass is 16.6. The Morgan fingerprint density at radius 3 is 2.16 bits per heavy atom. The number of hydrogen-bond donors (Lipinski definition) is 3. The van der Waals surface area contributed by atoms with E-state index in [0.717, 1.165) is 11.1 Å². The van der Waals surface area contributed by atoms with Crippen LogP contribution in [0, 0.1) is 5.92 Å². The number of carboxylic acid groups (broad SMARTS) is 1. The highest BCUT2D eigenvalue weighted by Gasteiger charge is 2.37. The molecule has 1 saturated heterocycles. The van der Waals surface area contributed by atoms with Crippen LogP contribution in [0.15, 0.2) is 60.7 Å². The van der Waals surface area contributed by atoms with Gasteiger partial charge < -0.3 is 20.5 Å². The van der Waals surface area contributed by atoms with Crippen molar-refractivity contribution in [1.82, 2.24) is 15.5 Å². The van der Waals surface area contributed by atoms with Crippen molar-refractivity contribution in [2.24, 2.45) is 5.92 Å². The third-order valence-corrected chi connectivity index (χ3v) is 6.23. The number of carbonyl (C=O) groups excluding carboxylic acids is 3. The number of hydrogen-bond acceptors (Lipinski definition) is 5. The van der Waals surface area contributed by atoms with Gasteiger partial charge in [0.15, 0.2) is 0 Å². The molecule has 3 amide bonds. The van der Waals surface area contributed by atoms with Gasteiger partial charge in [-0.25, -0.2) is 9.59 Å². The molecule has 1 aliphatic heterocycles. The van der Waals surface area contributed by atoms with Gasteiger partial charge in [0.05, 0.1) is 0 Å². The molecule has 0 spiro atoms. The molecule has 9 nitrogen and oxygen atoms in total. The van der Waals surface area contributed by atoms with Crippen LogP contribution >= 0.6 is 0 Å². The molecule has 0 unspecified atom stereocenters. The largest absolute Gasteiger partial charge is 0.480 e. The molecule has 0 saturated carbocycles. The van der Waals surface area contributed by atoms with E-state index in [9.17, 15) is 24.3 Å². The molecule has 1 heterocycles. The van der Waals surface area contributed by atoms with Crippen molar-refractivity contribution in [1.29, 1.82) is 0 Å². The van der Waals surface area contributed by atoms with Crippen LogP contribution in [0.25, 0.3) is 0 Å². The van der Waals surface area contributed by atoms with Crippen molar-refractivity contribution in [3.63, 3.8) is 0 Å². The van der Waals surface area contributed by atoms with Crippen LogP contribution in [-0.4, -0.2) is 58.6 Å². The molecular formula is C28H35N3O6. The van der Waals surface area contributed by atoms with Crippen molar-refractivity contribution in [2.45, 2.75) is 64.3 Å². The second-order valence-corrected chi connectivity index (χ2v) is 9.67. The minimum atomic E-state index is -1.16. The number of nitrogens with one attached hydrogen (secondary N) is 2. The maximum Gasteiger partial charge on any atom is 0.410 e. The molecular weight excluding hydrogens is 474 g/mol. The molecule has 0 bridgehead atoms. The Hall–Kier alpha value is -3.88. The number of rotatable bonds is 11. The normalized spacial score (nSPS) is 16.6. The summed E-state index contributed by atoms with van der Waals surface area (Å²) in [5.41, 5.74) is 1.61. The topological polar surface area (TPSA) is 125 Å². The number of aliphatic carboxylic acids is 1. The van der Waals surface area contributed by atoms with Crippen molar-refractivity contribution < 1.29 is 29.0 Å². The summed E-state index contributed by atoms with van der Waals surface area (Å²) in [6, 6.07) is 15.4. The Bertz CT molecular complexity index is 1060. The van der Waals surface area contributed by atoms with Gasteiger partial charge in [-0.2, -0.15) is 0 Å². The molecule has 0 radical (unpaired) electrons. The lowest BCUT2D eigenvalue weighted by atomic mass is 10.0. The number of likely N-dealkylation sites (tertiary alicyclic amines) is 1. The highest BCUT2D eigenvalue weighted by molar-refractivity contribution is 5.93. The van der Waals surface area contributed by atoms with E-state index >= 15 is 0 Å². The zero-order valence-electron chi connectivity index (χ0n) is 21.3. The van der Waals surface area contributed by atoms with E-state index < -0.39 is 42.0 Å². The van der Waals surface area contributed by atoms with Crippen LogP contribution in [0.4, 0.5) is 4.79 Å². The van der Waals surface area contributed by atoms with Crippen LogP contribution in [0.3, 0.4) is 0 Å². The van der Waals surface area contributed by atoms with Crippen LogP contribution in [0.2, 0.25) is 0 Å². The van der Waals surface area contributed by atoms with Crippen LogP contribution in [-0.2, 0) is 32.1 Å². The number of ether oxygens (including phenoxy) is 1. The van der Waals surface area contributed by atoms with E-state index in [1.54, 1.807) is 24.3 Å². The number of carboxylic acids is 1. The average Bonchev–Trinajstić information content (AvgIpc) is 3.38. The first kappa shape index (κ1) is 27.7. The van der Waals surface area contributed by atoms with Gasteiger partial charge in [0.25, 0.3) is 0 Å². The standard InChI is InChI=1S/C28H35N3O6/c1-19(2)16-22(25(32)30-23(27(34)35)17-20-10-5-3-6-11-20)29-26(33)24-14-9-15-31(24)28(36)37-18-21-12-7-4-8-13-21/h3-8,10-13,19,22-24H,9,14-18H2,1-2H3,(H,29,33)(H,30,32)(H,34,35)/t22-,23-,24-/m0/s1. The molecule has 3 rings (SSSR count). The maximum absolute atomic E-state index is 13.2. The summed E-state index contributed by atoms with van der Waals surface area (Å²) in [5, 5.41) is 15.0. The van der Waals surface area contributed by atoms with Gasteiger partial charge in [0.1, 0.15) is 24.7 Å². The van der Waals surface area contributed by atoms with Gasteiger partial charge in [-0.05, 0) is 36.3 Å². The summed E-state index contributed by atoms with van der Waals surface area (Å²) in [7, 11) is 0. The predicted octanol–water partition coefficient (Wildman–Crippen LogP) is 3.13. The Morgan fingerprint density at radius 2 is 1.57 bits per heavy atom. The second kappa shape index (κ2) is 13.4. The molecule has 2 aromatic carbocycles. The molecule has 3 atom stereocenters. The molecule has 3 N–H and O–H groups in total. The number of nitrogens with zero attached hydrogens (tertiary/aromatic N) is 1. The van der Waals surface area contributed by atoms with Gasteiger partial charge in [0.2, 0.25) is 11.8 Å². The molecule has 0 aromatic heterocycles. The lowest BCUT2D eigenvalue weighted by Crippen LogP contribution is -2.56.